The van der Waals surface area contributed by atoms with Gasteiger partial charge in [-0.15, -0.1) is 11.3 Å². The molecule has 0 fully saturated rings. The van der Waals surface area contributed by atoms with Gasteiger partial charge in [-0.05, 0) is 19.1 Å². The van der Waals surface area contributed by atoms with Crippen LogP contribution in [0.3, 0.4) is 0 Å². The van der Waals surface area contributed by atoms with E-state index in [1.54, 1.807) is 23.7 Å². The fraction of sp³-hybridized carbons (Fsp3) is 0.176. The SMILES string of the molecule is C[C@H](Sc1nc(-c2ccccc2)cs1)C(=O)NCc1ccco1. The van der Waals surface area contributed by atoms with E-state index in [1.165, 1.54) is 11.8 Å². The van der Waals surface area contributed by atoms with Crippen LogP contribution < -0.4 is 5.32 Å². The van der Waals surface area contributed by atoms with E-state index in [4.69, 9.17) is 4.42 Å². The Morgan fingerprint density at radius 2 is 2.13 bits per heavy atom. The summed E-state index contributed by atoms with van der Waals surface area (Å²) in [4.78, 5) is 16.7. The number of thioether (sulfide) groups is 1. The number of carbonyl (C=O) groups excluding carboxylic acids is 1. The second-order valence-electron chi connectivity index (χ2n) is 4.92. The molecular formula is C17H16N2O2S2. The number of hydrogen-bond acceptors (Lipinski definition) is 5. The zero-order valence-electron chi connectivity index (χ0n) is 12.6. The Kier molecular flexibility index (Phi) is 5.15. The Morgan fingerprint density at radius 1 is 1.30 bits per heavy atom. The van der Waals surface area contributed by atoms with Crippen LogP contribution >= 0.6 is 23.1 Å². The van der Waals surface area contributed by atoms with E-state index >= 15 is 0 Å². The maximum atomic E-state index is 12.1. The summed E-state index contributed by atoms with van der Waals surface area (Å²) in [6.07, 6.45) is 1.60. The molecule has 0 aliphatic heterocycles. The lowest BCUT2D eigenvalue weighted by Gasteiger charge is -2.09. The molecule has 0 unspecified atom stereocenters. The van der Waals surface area contributed by atoms with Crippen molar-refractivity contribution in [1.29, 1.82) is 0 Å². The van der Waals surface area contributed by atoms with E-state index in [-0.39, 0.29) is 11.2 Å². The summed E-state index contributed by atoms with van der Waals surface area (Å²) in [5, 5.41) is 4.68. The fourth-order valence-electron chi connectivity index (χ4n) is 1.99. The van der Waals surface area contributed by atoms with E-state index in [0.717, 1.165) is 21.4 Å². The molecule has 2 aromatic heterocycles. The molecule has 1 aromatic carbocycles. The van der Waals surface area contributed by atoms with Gasteiger partial charge in [-0.25, -0.2) is 4.98 Å². The van der Waals surface area contributed by atoms with Gasteiger partial charge in [0.05, 0.1) is 23.8 Å². The largest absolute Gasteiger partial charge is 0.467 e. The quantitative estimate of drug-likeness (QED) is 0.681. The lowest BCUT2D eigenvalue weighted by molar-refractivity contribution is -0.120. The summed E-state index contributed by atoms with van der Waals surface area (Å²) in [5.74, 6) is 0.721. The molecule has 6 heteroatoms. The van der Waals surface area contributed by atoms with E-state index in [2.05, 4.69) is 10.3 Å². The first kappa shape index (κ1) is 15.8. The highest BCUT2D eigenvalue weighted by molar-refractivity contribution is 8.02. The van der Waals surface area contributed by atoms with E-state index in [9.17, 15) is 4.79 Å². The van der Waals surface area contributed by atoms with Crippen molar-refractivity contribution in [3.8, 4) is 11.3 Å². The first-order chi connectivity index (χ1) is 11.2. The molecule has 2 heterocycles. The summed E-state index contributed by atoms with van der Waals surface area (Å²) >= 11 is 3.03. The van der Waals surface area contributed by atoms with Gasteiger partial charge in [-0.2, -0.15) is 0 Å². The van der Waals surface area contributed by atoms with Gasteiger partial charge in [0.1, 0.15) is 5.76 Å². The van der Waals surface area contributed by atoms with Crippen LogP contribution in [-0.2, 0) is 11.3 Å². The number of benzene rings is 1. The highest BCUT2D eigenvalue weighted by Crippen LogP contribution is 2.30. The second kappa shape index (κ2) is 7.48. The number of nitrogens with one attached hydrogen (secondary N) is 1. The van der Waals surface area contributed by atoms with Crippen LogP contribution in [0.15, 0.2) is 62.9 Å². The molecule has 0 aliphatic carbocycles. The van der Waals surface area contributed by atoms with Crippen molar-refractivity contribution in [2.75, 3.05) is 0 Å². The Morgan fingerprint density at radius 3 is 2.87 bits per heavy atom. The average Bonchev–Trinajstić information content (AvgIpc) is 3.25. The Labute approximate surface area is 142 Å². The fourth-order valence-corrected chi connectivity index (χ4v) is 3.98. The van der Waals surface area contributed by atoms with Gasteiger partial charge >= 0.3 is 0 Å². The number of amides is 1. The summed E-state index contributed by atoms with van der Waals surface area (Å²) in [6.45, 7) is 2.29. The first-order valence-electron chi connectivity index (χ1n) is 7.20. The molecule has 3 aromatic rings. The minimum absolute atomic E-state index is 0.0251. The molecule has 0 aliphatic rings. The summed E-state index contributed by atoms with van der Waals surface area (Å²) in [5.41, 5.74) is 2.03. The molecular weight excluding hydrogens is 328 g/mol. The Bertz CT molecular complexity index is 754. The monoisotopic (exact) mass is 344 g/mol. The molecule has 0 bridgehead atoms. The zero-order chi connectivity index (χ0) is 16.1. The minimum Gasteiger partial charge on any atom is -0.467 e. The van der Waals surface area contributed by atoms with Crippen molar-refractivity contribution in [2.45, 2.75) is 23.1 Å². The molecule has 0 saturated carbocycles. The van der Waals surface area contributed by atoms with Crippen LogP contribution in [0.25, 0.3) is 11.3 Å². The third-order valence-electron chi connectivity index (χ3n) is 3.22. The van der Waals surface area contributed by atoms with Gasteiger partial charge in [-0.1, -0.05) is 42.1 Å². The van der Waals surface area contributed by atoms with Crippen LogP contribution in [0.1, 0.15) is 12.7 Å². The van der Waals surface area contributed by atoms with Crippen LogP contribution in [-0.4, -0.2) is 16.1 Å². The van der Waals surface area contributed by atoms with Crippen molar-refractivity contribution >= 4 is 29.0 Å². The van der Waals surface area contributed by atoms with Crippen LogP contribution in [0.5, 0.6) is 0 Å². The van der Waals surface area contributed by atoms with Gasteiger partial charge in [0.2, 0.25) is 5.91 Å². The average molecular weight is 344 g/mol. The molecule has 0 spiro atoms. The normalized spacial score (nSPS) is 12.0. The molecule has 23 heavy (non-hydrogen) atoms. The number of furan rings is 1. The highest BCUT2D eigenvalue weighted by atomic mass is 32.2. The number of aromatic nitrogens is 1. The predicted molar refractivity (Wildman–Crippen MR) is 93.4 cm³/mol. The van der Waals surface area contributed by atoms with Gasteiger partial charge < -0.3 is 9.73 Å². The molecule has 118 valence electrons. The molecule has 1 N–H and O–H groups in total. The van der Waals surface area contributed by atoms with Crippen LogP contribution in [0.4, 0.5) is 0 Å². The second-order valence-corrected chi connectivity index (χ2v) is 7.37. The minimum atomic E-state index is -0.209. The molecule has 1 atom stereocenters. The number of hydrogen-bond donors (Lipinski definition) is 1. The highest BCUT2D eigenvalue weighted by Gasteiger charge is 2.16. The first-order valence-corrected chi connectivity index (χ1v) is 8.96. The lowest BCUT2D eigenvalue weighted by Crippen LogP contribution is -2.30. The van der Waals surface area contributed by atoms with Crippen molar-refractivity contribution in [1.82, 2.24) is 10.3 Å². The third-order valence-corrected chi connectivity index (χ3v) is 5.29. The number of carbonyl (C=O) groups is 1. The van der Waals surface area contributed by atoms with Crippen molar-refractivity contribution in [3.05, 3.63) is 59.9 Å². The van der Waals surface area contributed by atoms with Gasteiger partial charge in [-0.3, -0.25) is 4.79 Å². The van der Waals surface area contributed by atoms with E-state index < -0.39 is 0 Å². The topological polar surface area (TPSA) is 55.1 Å². The van der Waals surface area contributed by atoms with Gasteiger partial charge in [0.25, 0.3) is 0 Å². The standard InChI is InChI=1S/C17H16N2O2S2/c1-12(16(20)18-10-14-8-5-9-21-14)23-17-19-15(11-22-17)13-6-3-2-4-7-13/h2-9,11-12H,10H2,1H3,(H,18,20)/t12-/m0/s1. The molecule has 4 nitrogen and oxygen atoms in total. The Hall–Kier alpha value is -2.05. The number of thiazole rings is 1. The summed E-state index contributed by atoms with van der Waals surface area (Å²) in [7, 11) is 0. The maximum Gasteiger partial charge on any atom is 0.233 e. The molecule has 0 radical (unpaired) electrons. The predicted octanol–water partition coefficient (Wildman–Crippen LogP) is 4.20. The van der Waals surface area contributed by atoms with Crippen LogP contribution in [0, 0.1) is 0 Å². The van der Waals surface area contributed by atoms with Crippen molar-refractivity contribution < 1.29 is 9.21 Å². The number of nitrogens with zero attached hydrogens (tertiary/aromatic N) is 1. The molecule has 1 amide bonds. The van der Waals surface area contributed by atoms with Gasteiger partial charge in [0, 0.05) is 10.9 Å². The zero-order valence-corrected chi connectivity index (χ0v) is 14.2. The number of rotatable bonds is 6. The summed E-state index contributed by atoms with van der Waals surface area (Å²) in [6, 6.07) is 13.7. The summed E-state index contributed by atoms with van der Waals surface area (Å²) < 4.78 is 6.10. The van der Waals surface area contributed by atoms with Crippen LogP contribution in [0.2, 0.25) is 0 Å². The van der Waals surface area contributed by atoms with E-state index in [0.29, 0.717) is 6.54 Å². The van der Waals surface area contributed by atoms with Gasteiger partial charge in [0.15, 0.2) is 4.34 Å². The molecule has 0 saturated heterocycles. The smallest absolute Gasteiger partial charge is 0.233 e. The van der Waals surface area contributed by atoms with Crippen molar-refractivity contribution in [2.24, 2.45) is 0 Å². The van der Waals surface area contributed by atoms with Crippen molar-refractivity contribution in [3.63, 3.8) is 0 Å². The molecule has 3 rings (SSSR count). The lowest BCUT2D eigenvalue weighted by atomic mass is 10.2. The third kappa shape index (κ3) is 4.24. The Balaban J connectivity index is 1.56. The maximum absolute atomic E-state index is 12.1. The van der Waals surface area contributed by atoms with E-state index in [1.807, 2.05) is 48.7 Å².